The highest BCUT2D eigenvalue weighted by atomic mass is 35.5. The second-order valence-electron chi connectivity index (χ2n) is 13.5. The number of rotatable bonds is 6. The maximum absolute atomic E-state index is 14.6. The fourth-order valence-corrected chi connectivity index (χ4v) is 11.5. The normalized spacial score (nSPS) is 34.5. The Morgan fingerprint density at radius 2 is 1.86 bits per heavy atom. The van der Waals surface area contributed by atoms with Gasteiger partial charge in [-0.05, 0) is 104 Å². The number of benzene rings is 2. The Kier molecular flexibility index (Phi) is 7.59. The highest BCUT2D eigenvalue weighted by Crippen LogP contribution is 2.68. The summed E-state index contributed by atoms with van der Waals surface area (Å²) >= 11 is 9.03. The van der Waals surface area contributed by atoms with Crippen molar-refractivity contribution in [2.45, 2.75) is 74.8 Å². The van der Waals surface area contributed by atoms with Gasteiger partial charge in [0.2, 0.25) is 0 Å². The number of allylic oxidation sites excluding steroid dienone is 1. The second-order valence-corrected chi connectivity index (χ2v) is 16.2. The summed E-state index contributed by atoms with van der Waals surface area (Å²) in [6, 6.07) is 14.4. The first-order valence-corrected chi connectivity index (χ1v) is 17.6. The average Bonchev–Trinajstić information content (AvgIpc) is 3.55. The lowest BCUT2D eigenvalue weighted by Gasteiger charge is -2.60. The summed E-state index contributed by atoms with van der Waals surface area (Å²) in [5, 5.41) is 12.5. The van der Waals surface area contributed by atoms with Gasteiger partial charge in [-0.15, -0.1) is 11.3 Å². The van der Waals surface area contributed by atoms with Crippen molar-refractivity contribution < 1.29 is 24.2 Å². The van der Waals surface area contributed by atoms with E-state index in [1.807, 2.05) is 30.3 Å². The van der Waals surface area contributed by atoms with Crippen LogP contribution >= 0.6 is 34.7 Å². The fraction of sp³-hybridized carbons (Fsp3) is 0.486. The summed E-state index contributed by atoms with van der Waals surface area (Å²) < 4.78 is 8.31. The van der Waals surface area contributed by atoms with Crippen molar-refractivity contribution in [1.82, 2.24) is 4.98 Å². The zero-order chi connectivity index (χ0) is 30.9. The van der Waals surface area contributed by atoms with Crippen molar-refractivity contribution in [2.75, 3.05) is 5.75 Å². The van der Waals surface area contributed by atoms with Crippen LogP contribution in [0.5, 0.6) is 0 Å². The number of carbonyl (C=O) groups excluding carboxylic acids is 3. The summed E-state index contributed by atoms with van der Waals surface area (Å²) in [7, 11) is 0. The maximum Gasteiger partial charge on any atom is 0.339 e. The SMILES string of the molecule is CC12CCC(=O)C=C1CCC1C2[C@@H](O)CC2(C)C1CC[C@]2(OC(=O)c1ccc(Cl)cc1)C(=O)CSc1nc2ccccc2s1. The number of esters is 1. The Bertz CT molecular complexity index is 1650. The standard InChI is InChI=1S/C35H36ClNO5S2/c1-33-15-13-23(38)17-21(33)9-12-24-25-14-16-35(34(25,2)18-27(39)30(24)33,42-31(41)20-7-10-22(36)11-8-20)29(40)19-43-32-37-26-5-3-4-6-28(26)44-32/h3-8,10-11,17,24-25,27,30,39H,9,12-16,18-19H2,1-2H3/t24?,25?,27-,30?,33?,34?,35-/m0/s1. The van der Waals surface area contributed by atoms with Crippen molar-refractivity contribution in [1.29, 1.82) is 0 Å². The number of fused-ring (bicyclic) bond motifs is 6. The number of ether oxygens (including phenoxy) is 1. The molecule has 9 heteroatoms. The number of para-hydroxylation sites is 1. The summed E-state index contributed by atoms with van der Waals surface area (Å²) in [6.45, 7) is 4.29. The smallest absolute Gasteiger partial charge is 0.339 e. The number of hydrogen-bond acceptors (Lipinski definition) is 8. The minimum absolute atomic E-state index is 0.00340. The van der Waals surface area contributed by atoms with Gasteiger partial charge in [0.1, 0.15) is 0 Å². The molecule has 0 bridgehead atoms. The van der Waals surface area contributed by atoms with E-state index in [1.54, 1.807) is 35.6 Å². The third-order valence-corrected chi connectivity index (χ3v) is 13.8. The molecule has 44 heavy (non-hydrogen) atoms. The van der Waals surface area contributed by atoms with Crippen LogP contribution in [0.25, 0.3) is 10.2 Å². The molecule has 0 amide bonds. The number of thioether (sulfide) groups is 1. The van der Waals surface area contributed by atoms with Gasteiger partial charge < -0.3 is 9.84 Å². The molecule has 6 nitrogen and oxygen atoms in total. The molecule has 3 saturated carbocycles. The number of hydrogen-bond donors (Lipinski definition) is 1. The molecule has 1 heterocycles. The van der Waals surface area contributed by atoms with Gasteiger partial charge in [0.15, 0.2) is 21.5 Å². The first-order valence-electron chi connectivity index (χ1n) is 15.5. The summed E-state index contributed by atoms with van der Waals surface area (Å²) in [5.41, 5.74) is 0.0318. The molecule has 7 atom stereocenters. The van der Waals surface area contributed by atoms with E-state index in [2.05, 4.69) is 13.8 Å². The first-order chi connectivity index (χ1) is 21.0. The van der Waals surface area contributed by atoms with Crippen molar-refractivity contribution in [2.24, 2.45) is 28.6 Å². The Morgan fingerprint density at radius 1 is 1.09 bits per heavy atom. The second kappa shape index (κ2) is 11.1. The number of aliphatic hydroxyl groups excluding tert-OH is 1. The molecule has 0 spiro atoms. The van der Waals surface area contributed by atoms with Crippen LogP contribution in [-0.4, -0.2) is 45.1 Å². The first kappa shape index (κ1) is 30.2. The third-order valence-electron chi connectivity index (χ3n) is 11.4. The third kappa shape index (κ3) is 4.70. The van der Waals surface area contributed by atoms with Gasteiger partial charge in [0.05, 0.1) is 27.6 Å². The number of thiazole rings is 1. The maximum atomic E-state index is 14.6. The highest BCUT2D eigenvalue weighted by molar-refractivity contribution is 8.01. The van der Waals surface area contributed by atoms with Gasteiger partial charge >= 0.3 is 5.97 Å². The predicted octanol–water partition coefficient (Wildman–Crippen LogP) is 7.71. The molecule has 3 aromatic rings. The molecule has 0 saturated heterocycles. The quantitative estimate of drug-likeness (QED) is 0.216. The van der Waals surface area contributed by atoms with E-state index < -0.39 is 23.1 Å². The van der Waals surface area contributed by atoms with Crippen molar-refractivity contribution >= 4 is 62.5 Å². The van der Waals surface area contributed by atoms with Crippen LogP contribution in [0.3, 0.4) is 0 Å². The Balaban J connectivity index is 1.23. The molecular formula is C35H36ClNO5S2. The lowest BCUT2D eigenvalue weighted by Crippen LogP contribution is -2.63. The van der Waals surface area contributed by atoms with Crippen LogP contribution in [0.15, 0.2) is 64.5 Å². The highest BCUT2D eigenvalue weighted by Gasteiger charge is 2.70. The predicted molar refractivity (Wildman–Crippen MR) is 173 cm³/mol. The van der Waals surface area contributed by atoms with E-state index in [0.29, 0.717) is 29.8 Å². The molecule has 1 N–H and O–H groups in total. The zero-order valence-electron chi connectivity index (χ0n) is 24.9. The van der Waals surface area contributed by atoms with Crippen LogP contribution in [0, 0.1) is 28.6 Å². The molecule has 4 aliphatic carbocycles. The monoisotopic (exact) mass is 649 g/mol. The molecule has 4 aliphatic rings. The minimum Gasteiger partial charge on any atom is -0.447 e. The van der Waals surface area contributed by atoms with E-state index in [9.17, 15) is 19.5 Å². The molecule has 3 fully saturated rings. The topological polar surface area (TPSA) is 93.6 Å². The van der Waals surface area contributed by atoms with Crippen LogP contribution in [0.2, 0.25) is 5.02 Å². The number of aromatic nitrogens is 1. The van der Waals surface area contributed by atoms with Crippen LogP contribution < -0.4 is 0 Å². The van der Waals surface area contributed by atoms with Crippen LogP contribution in [-0.2, 0) is 14.3 Å². The van der Waals surface area contributed by atoms with E-state index in [0.717, 1.165) is 40.2 Å². The molecule has 0 aliphatic heterocycles. The van der Waals surface area contributed by atoms with Gasteiger partial charge in [0.25, 0.3) is 0 Å². The number of Topliss-reactive ketones (excluding diaryl/α,β-unsaturated/α-hetero) is 1. The average molecular weight is 650 g/mol. The largest absolute Gasteiger partial charge is 0.447 e. The number of halogens is 1. The molecule has 7 rings (SSSR count). The van der Waals surface area contributed by atoms with Gasteiger partial charge in [-0.3, -0.25) is 9.59 Å². The fourth-order valence-electron chi connectivity index (χ4n) is 9.32. The molecular weight excluding hydrogens is 614 g/mol. The van der Waals surface area contributed by atoms with Crippen molar-refractivity contribution in [3.8, 4) is 0 Å². The van der Waals surface area contributed by atoms with Crippen molar-refractivity contribution in [3.63, 3.8) is 0 Å². The van der Waals surface area contributed by atoms with Crippen LogP contribution in [0.1, 0.15) is 69.2 Å². The molecule has 1 aromatic heterocycles. The molecule has 2 aromatic carbocycles. The lowest BCUT2D eigenvalue weighted by molar-refractivity contribution is -0.180. The van der Waals surface area contributed by atoms with Gasteiger partial charge in [0, 0.05) is 16.9 Å². The number of nitrogens with zero attached hydrogens (tertiary/aromatic N) is 1. The summed E-state index contributed by atoms with van der Waals surface area (Å²) in [5.74, 6) is -0.121. The van der Waals surface area contributed by atoms with E-state index >= 15 is 0 Å². The Labute approximate surface area is 270 Å². The van der Waals surface area contributed by atoms with Gasteiger partial charge in [-0.2, -0.15) is 0 Å². The Hall–Kier alpha value is -2.52. The van der Waals surface area contributed by atoms with Crippen LogP contribution in [0.4, 0.5) is 0 Å². The molecule has 0 radical (unpaired) electrons. The minimum atomic E-state index is -1.39. The zero-order valence-corrected chi connectivity index (χ0v) is 27.3. The number of carbonyl (C=O) groups is 3. The summed E-state index contributed by atoms with van der Waals surface area (Å²) in [4.78, 5) is 45.3. The van der Waals surface area contributed by atoms with E-state index in [-0.39, 0.29) is 40.5 Å². The Morgan fingerprint density at radius 3 is 2.64 bits per heavy atom. The lowest BCUT2D eigenvalue weighted by atomic mass is 9.45. The number of ketones is 2. The van der Waals surface area contributed by atoms with Crippen molar-refractivity contribution in [3.05, 3.63) is 70.8 Å². The van der Waals surface area contributed by atoms with Gasteiger partial charge in [-0.25, -0.2) is 9.78 Å². The summed E-state index contributed by atoms with van der Waals surface area (Å²) in [6.07, 6.45) is 5.59. The van der Waals surface area contributed by atoms with Gasteiger partial charge in [-0.1, -0.05) is 54.9 Å². The molecule has 230 valence electrons. The van der Waals surface area contributed by atoms with E-state index in [1.165, 1.54) is 17.3 Å². The number of aliphatic hydroxyl groups is 1. The van der Waals surface area contributed by atoms with E-state index in [4.69, 9.17) is 21.3 Å². The molecule has 5 unspecified atom stereocenters.